The lowest BCUT2D eigenvalue weighted by Crippen LogP contribution is -2.00. The van der Waals surface area contributed by atoms with E-state index in [4.69, 9.17) is 0 Å². The van der Waals surface area contributed by atoms with Crippen LogP contribution >= 0.6 is 12.9 Å². The highest BCUT2D eigenvalue weighted by Gasteiger charge is 2.05. The zero-order valence-corrected chi connectivity index (χ0v) is 16.9. The van der Waals surface area contributed by atoms with E-state index in [1.54, 1.807) is 0 Å². The number of carbonyl (C=O) groups excluding carboxylic acids is 1. The molecule has 0 aliphatic rings. The van der Waals surface area contributed by atoms with Crippen LogP contribution in [0.3, 0.4) is 0 Å². The van der Waals surface area contributed by atoms with Crippen molar-refractivity contribution in [2.24, 2.45) is 0 Å². The third kappa shape index (κ3) is 16.4. The Morgan fingerprint density at radius 3 is 1.38 bits per heavy atom. The largest absolute Gasteiger partial charge is 0.391 e. The van der Waals surface area contributed by atoms with Crippen LogP contribution in [-0.2, 0) is 8.98 Å². The van der Waals surface area contributed by atoms with Crippen molar-refractivity contribution < 1.29 is 8.98 Å². The van der Waals surface area contributed by atoms with E-state index in [0.29, 0.717) is 5.57 Å². The van der Waals surface area contributed by atoms with E-state index < -0.39 is 0 Å². The van der Waals surface area contributed by atoms with Gasteiger partial charge in [0.05, 0.1) is 0 Å². The standard InChI is InChI=1S/C21H40O2S/c1-3-4-5-6-7-8-9-10-11-12-13-14-15-16-17-18-19-20(2)21(22)23-24/h24H,2-19H2,1H3. The molecule has 0 N–H and O–H groups in total. The Morgan fingerprint density at radius 1 is 0.708 bits per heavy atom. The number of thiol groups is 1. The van der Waals surface area contributed by atoms with Crippen LogP contribution < -0.4 is 0 Å². The second-order valence-corrected chi connectivity index (χ2v) is 7.22. The normalized spacial score (nSPS) is 10.8. The fraction of sp³-hybridized carbons (Fsp3) is 0.857. The Kier molecular flexibility index (Phi) is 18.5. The van der Waals surface area contributed by atoms with Gasteiger partial charge in [-0.25, -0.2) is 4.79 Å². The van der Waals surface area contributed by atoms with Crippen molar-refractivity contribution in [3.05, 3.63) is 12.2 Å². The second kappa shape index (κ2) is 18.9. The smallest absolute Gasteiger partial charge is 0.345 e. The molecule has 3 heteroatoms. The SMILES string of the molecule is C=C(CCCCCCCCCCCCCCCCCC)C(=O)OS. The zero-order valence-electron chi connectivity index (χ0n) is 16.0. The fourth-order valence-electron chi connectivity index (χ4n) is 3.05. The summed E-state index contributed by atoms with van der Waals surface area (Å²) in [4.78, 5) is 11.1. The van der Waals surface area contributed by atoms with E-state index in [9.17, 15) is 4.79 Å². The van der Waals surface area contributed by atoms with Gasteiger partial charge in [0.2, 0.25) is 0 Å². The monoisotopic (exact) mass is 356 g/mol. The van der Waals surface area contributed by atoms with Gasteiger partial charge in [-0.05, 0) is 12.8 Å². The zero-order chi connectivity index (χ0) is 17.9. The van der Waals surface area contributed by atoms with Gasteiger partial charge in [0, 0.05) is 18.5 Å². The van der Waals surface area contributed by atoms with Crippen LogP contribution in [0, 0.1) is 0 Å². The highest BCUT2D eigenvalue weighted by atomic mass is 32.1. The topological polar surface area (TPSA) is 26.3 Å². The summed E-state index contributed by atoms with van der Waals surface area (Å²) in [6.45, 7) is 5.99. The predicted octanol–water partition coefficient (Wildman–Crippen LogP) is 7.58. The van der Waals surface area contributed by atoms with Crippen molar-refractivity contribution in [1.29, 1.82) is 0 Å². The summed E-state index contributed by atoms with van der Waals surface area (Å²) < 4.78 is 4.35. The Balaban J connectivity index is 3.10. The van der Waals surface area contributed by atoms with E-state index >= 15 is 0 Å². The first-order valence-electron chi connectivity index (χ1n) is 10.3. The molecule has 142 valence electrons. The molecule has 0 unspecified atom stereocenters. The van der Waals surface area contributed by atoms with Crippen LogP contribution in [0.2, 0.25) is 0 Å². The highest BCUT2D eigenvalue weighted by molar-refractivity contribution is 7.75. The van der Waals surface area contributed by atoms with Gasteiger partial charge in [0.1, 0.15) is 0 Å². The van der Waals surface area contributed by atoms with Crippen molar-refractivity contribution in [3.8, 4) is 0 Å². The first kappa shape index (κ1) is 23.6. The minimum atomic E-state index is -0.390. The summed E-state index contributed by atoms with van der Waals surface area (Å²) in [7, 11) is 0. The number of hydrogen-bond acceptors (Lipinski definition) is 3. The Labute approximate surface area is 156 Å². The average molecular weight is 357 g/mol. The van der Waals surface area contributed by atoms with Crippen molar-refractivity contribution in [3.63, 3.8) is 0 Å². The minimum Gasteiger partial charge on any atom is -0.391 e. The minimum absolute atomic E-state index is 0.390. The van der Waals surface area contributed by atoms with E-state index in [-0.39, 0.29) is 5.97 Å². The van der Waals surface area contributed by atoms with Crippen LogP contribution in [-0.4, -0.2) is 5.97 Å². The summed E-state index contributed by atoms with van der Waals surface area (Å²) in [5.74, 6) is -0.390. The van der Waals surface area contributed by atoms with Crippen LogP contribution in [0.25, 0.3) is 0 Å². The summed E-state index contributed by atoms with van der Waals surface area (Å²) in [5, 5.41) is 0. The molecule has 0 aliphatic carbocycles. The van der Waals surface area contributed by atoms with Crippen molar-refractivity contribution in [2.75, 3.05) is 0 Å². The van der Waals surface area contributed by atoms with Crippen LogP contribution in [0.5, 0.6) is 0 Å². The van der Waals surface area contributed by atoms with Gasteiger partial charge in [-0.2, -0.15) is 0 Å². The molecule has 0 saturated heterocycles. The predicted molar refractivity (Wildman–Crippen MR) is 108 cm³/mol. The number of unbranched alkanes of at least 4 members (excludes halogenated alkanes) is 15. The van der Waals surface area contributed by atoms with E-state index in [1.165, 1.54) is 96.3 Å². The molecule has 0 radical (unpaired) electrons. The molecule has 0 saturated carbocycles. The van der Waals surface area contributed by atoms with E-state index in [0.717, 1.165) is 12.8 Å². The summed E-state index contributed by atoms with van der Waals surface area (Å²) in [6.07, 6.45) is 22.5. The van der Waals surface area contributed by atoms with Gasteiger partial charge in [-0.3, -0.25) is 0 Å². The van der Waals surface area contributed by atoms with Crippen molar-refractivity contribution in [1.82, 2.24) is 0 Å². The second-order valence-electron chi connectivity index (χ2n) is 7.04. The lowest BCUT2D eigenvalue weighted by Gasteiger charge is -2.04. The van der Waals surface area contributed by atoms with Gasteiger partial charge < -0.3 is 4.18 Å². The van der Waals surface area contributed by atoms with Crippen molar-refractivity contribution in [2.45, 2.75) is 116 Å². The maximum absolute atomic E-state index is 11.1. The van der Waals surface area contributed by atoms with Crippen LogP contribution in [0.15, 0.2) is 12.2 Å². The van der Waals surface area contributed by atoms with Gasteiger partial charge in [-0.15, -0.1) is 0 Å². The quantitative estimate of drug-likeness (QED) is 0.118. The molecular weight excluding hydrogens is 316 g/mol. The third-order valence-corrected chi connectivity index (χ3v) is 4.87. The van der Waals surface area contributed by atoms with Crippen LogP contribution in [0.1, 0.15) is 116 Å². The number of hydrogen-bond donors (Lipinski definition) is 1. The first-order chi connectivity index (χ1) is 11.7. The van der Waals surface area contributed by atoms with Gasteiger partial charge in [0.15, 0.2) is 0 Å². The van der Waals surface area contributed by atoms with E-state index in [1.807, 2.05) is 0 Å². The maximum Gasteiger partial charge on any atom is 0.345 e. The maximum atomic E-state index is 11.1. The molecule has 0 aromatic carbocycles. The average Bonchev–Trinajstić information content (AvgIpc) is 2.60. The molecule has 0 fully saturated rings. The fourth-order valence-corrected chi connectivity index (χ4v) is 3.18. The van der Waals surface area contributed by atoms with Crippen LogP contribution in [0.4, 0.5) is 0 Å². The van der Waals surface area contributed by atoms with E-state index in [2.05, 4.69) is 30.6 Å². The summed E-state index contributed by atoms with van der Waals surface area (Å²) in [6, 6.07) is 0. The molecule has 0 aromatic rings. The van der Waals surface area contributed by atoms with Gasteiger partial charge in [-0.1, -0.05) is 110 Å². The molecule has 2 nitrogen and oxygen atoms in total. The molecule has 0 rings (SSSR count). The third-order valence-electron chi connectivity index (χ3n) is 4.70. The molecule has 0 heterocycles. The Hall–Kier alpha value is -0.440. The van der Waals surface area contributed by atoms with Crippen molar-refractivity contribution >= 4 is 18.9 Å². The Morgan fingerprint density at radius 2 is 1.04 bits per heavy atom. The first-order valence-corrected chi connectivity index (χ1v) is 10.6. The molecule has 0 spiro atoms. The highest BCUT2D eigenvalue weighted by Crippen LogP contribution is 2.15. The Bertz CT molecular complexity index is 302. The lowest BCUT2D eigenvalue weighted by atomic mass is 10.0. The van der Waals surface area contributed by atoms with Gasteiger partial charge >= 0.3 is 5.97 Å². The summed E-state index contributed by atoms with van der Waals surface area (Å²) in [5.41, 5.74) is 0.537. The molecule has 0 aliphatic heterocycles. The molecule has 0 amide bonds. The molecule has 24 heavy (non-hydrogen) atoms. The number of rotatable bonds is 18. The molecule has 0 aromatic heterocycles. The molecular formula is C21H40O2S. The summed E-state index contributed by atoms with van der Waals surface area (Å²) >= 11 is 3.50. The molecule has 0 bridgehead atoms. The van der Waals surface area contributed by atoms with Gasteiger partial charge in [0.25, 0.3) is 0 Å². The number of carbonyl (C=O) groups is 1. The lowest BCUT2D eigenvalue weighted by molar-refractivity contribution is -0.128. The molecule has 0 atom stereocenters.